The number of hydrogen-bond acceptors (Lipinski definition) is 5. The van der Waals surface area contributed by atoms with Crippen LogP contribution in [0.3, 0.4) is 0 Å². The highest BCUT2D eigenvalue weighted by Gasteiger charge is 2.30. The number of hydrogen-bond donors (Lipinski definition) is 0. The lowest BCUT2D eigenvalue weighted by molar-refractivity contribution is -0.154. The predicted octanol–water partition coefficient (Wildman–Crippen LogP) is 3.74. The average Bonchev–Trinajstić information content (AvgIpc) is 2.48. The van der Waals surface area contributed by atoms with Gasteiger partial charge in [-0.15, -0.1) is 0 Å². The van der Waals surface area contributed by atoms with Crippen molar-refractivity contribution in [1.29, 1.82) is 0 Å². The van der Waals surface area contributed by atoms with Crippen LogP contribution >= 0.6 is 15.9 Å². The minimum Gasteiger partial charge on any atom is -0.485 e. The van der Waals surface area contributed by atoms with Gasteiger partial charge in [-0.2, -0.15) is 0 Å². The summed E-state index contributed by atoms with van der Waals surface area (Å²) in [7, 11) is 1.56. The standard InChI is InChI=1S/C16H22BrNO4/c1-10(2)21-16(19)11-5-4-6-12(9-11)22-13-7-8-14(17)18-15(13)20-3/h7-8,10-12H,4-6,9H2,1-3H3/t11?,12-/m0/s1. The van der Waals surface area contributed by atoms with Crippen LogP contribution < -0.4 is 9.47 Å². The molecule has 1 heterocycles. The Labute approximate surface area is 139 Å². The molecule has 0 aliphatic heterocycles. The molecule has 1 aliphatic carbocycles. The fraction of sp³-hybridized carbons (Fsp3) is 0.625. The normalized spacial score (nSPS) is 21.5. The summed E-state index contributed by atoms with van der Waals surface area (Å²) in [5.74, 6) is 0.842. The summed E-state index contributed by atoms with van der Waals surface area (Å²) in [6.07, 6.45) is 3.31. The number of esters is 1. The van der Waals surface area contributed by atoms with Crippen molar-refractivity contribution in [1.82, 2.24) is 4.98 Å². The molecule has 0 amide bonds. The molecule has 6 heteroatoms. The second-order valence-corrected chi connectivity index (χ2v) is 6.54. The van der Waals surface area contributed by atoms with E-state index in [9.17, 15) is 4.79 Å². The zero-order valence-corrected chi connectivity index (χ0v) is 14.8. The second-order valence-electron chi connectivity index (χ2n) is 5.73. The van der Waals surface area contributed by atoms with E-state index in [1.807, 2.05) is 26.0 Å². The summed E-state index contributed by atoms with van der Waals surface area (Å²) >= 11 is 3.31. The Morgan fingerprint density at radius 2 is 2.14 bits per heavy atom. The van der Waals surface area contributed by atoms with E-state index in [0.717, 1.165) is 19.3 Å². The van der Waals surface area contributed by atoms with Gasteiger partial charge in [-0.05, 0) is 67.6 Å². The topological polar surface area (TPSA) is 57.7 Å². The zero-order chi connectivity index (χ0) is 16.1. The Balaban J connectivity index is 2.00. The minimum atomic E-state index is -0.121. The van der Waals surface area contributed by atoms with Crippen LogP contribution in [-0.2, 0) is 9.53 Å². The van der Waals surface area contributed by atoms with E-state index in [4.69, 9.17) is 14.2 Å². The van der Waals surface area contributed by atoms with Crippen molar-refractivity contribution < 1.29 is 19.0 Å². The number of carbonyl (C=O) groups excluding carboxylic acids is 1. The van der Waals surface area contributed by atoms with E-state index < -0.39 is 0 Å². The smallest absolute Gasteiger partial charge is 0.309 e. The minimum absolute atomic E-state index is 0.0182. The van der Waals surface area contributed by atoms with Gasteiger partial charge in [-0.1, -0.05) is 0 Å². The summed E-state index contributed by atoms with van der Waals surface area (Å²) in [5, 5.41) is 0. The van der Waals surface area contributed by atoms with E-state index in [-0.39, 0.29) is 24.1 Å². The molecule has 1 fully saturated rings. The molecule has 0 bridgehead atoms. The van der Waals surface area contributed by atoms with Gasteiger partial charge in [0.05, 0.1) is 25.2 Å². The van der Waals surface area contributed by atoms with E-state index in [2.05, 4.69) is 20.9 Å². The largest absolute Gasteiger partial charge is 0.485 e. The highest BCUT2D eigenvalue weighted by Crippen LogP contribution is 2.33. The fourth-order valence-electron chi connectivity index (χ4n) is 2.62. The van der Waals surface area contributed by atoms with Crippen molar-refractivity contribution in [3.05, 3.63) is 16.7 Å². The molecule has 1 saturated carbocycles. The lowest BCUT2D eigenvalue weighted by Crippen LogP contribution is -2.31. The van der Waals surface area contributed by atoms with Gasteiger partial charge < -0.3 is 14.2 Å². The first-order chi connectivity index (χ1) is 10.5. The molecule has 5 nitrogen and oxygen atoms in total. The lowest BCUT2D eigenvalue weighted by atomic mass is 9.87. The van der Waals surface area contributed by atoms with Gasteiger partial charge in [-0.3, -0.25) is 4.79 Å². The van der Waals surface area contributed by atoms with E-state index in [1.54, 1.807) is 7.11 Å². The predicted molar refractivity (Wildman–Crippen MR) is 86.1 cm³/mol. The first-order valence-corrected chi connectivity index (χ1v) is 8.36. The molecule has 0 aromatic carbocycles. The highest BCUT2D eigenvalue weighted by molar-refractivity contribution is 9.10. The van der Waals surface area contributed by atoms with Crippen molar-refractivity contribution in [3.63, 3.8) is 0 Å². The van der Waals surface area contributed by atoms with Crippen LogP contribution in [-0.4, -0.2) is 30.3 Å². The fourth-order valence-corrected chi connectivity index (χ4v) is 2.91. The third kappa shape index (κ3) is 4.60. The number of aromatic nitrogens is 1. The van der Waals surface area contributed by atoms with Gasteiger partial charge >= 0.3 is 5.97 Å². The van der Waals surface area contributed by atoms with Crippen LogP contribution in [0.5, 0.6) is 11.6 Å². The molecule has 1 aromatic rings. The van der Waals surface area contributed by atoms with Crippen LogP contribution in [0.25, 0.3) is 0 Å². The molecule has 122 valence electrons. The van der Waals surface area contributed by atoms with Crippen LogP contribution in [0.4, 0.5) is 0 Å². The van der Waals surface area contributed by atoms with E-state index >= 15 is 0 Å². The number of carbonyl (C=O) groups is 1. The van der Waals surface area contributed by atoms with Gasteiger partial charge in [0, 0.05) is 0 Å². The van der Waals surface area contributed by atoms with Crippen LogP contribution in [0, 0.1) is 5.92 Å². The Kier molecular flexibility index (Phi) is 6.06. The third-order valence-corrected chi connectivity index (χ3v) is 4.03. The summed E-state index contributed by atoms with van der Waals surface area (Å²) < 4.78 is 17.2. The number of halogens is 1. The quantitative estimate of drug-likeness (QED) is 0.582. The summed E-state index contributed by atoms with van der Waals surface area (Å²) in [4.78, 5) is 16.3. The molecular formula is C16H22BrNO4. The van der Waals surface area contributed by atoms with Gasteiger partial charge in [0.1, 0.15) is 4.60 Å². The molecule has 1 aliphatic rings. The zero-order valence-electron chi connectivity index (χ0n) is 13.2. The lowest BCUT2D eigenvalue weighted by Gasteiger charge is -2.29. The van der Waals surface area contributed by atoms with Crippen molar-refractivity contribution in [3.8, 4) is 11.6 Å². The van der Waals surface area contributed by atoms with Crippen LogP contribution in [0.2, 0.25) is 0 Å². The summed E-state index contributed by atoms with van der Waals surface area (Å²) in [6, 6.07) is 3.64. The maximum absolute atomic E-state index is 12.1. The van der Waals surface area contributed by atoms with Crippen molar-refractivity contribution >= 4 is 21.9 Å². The van der Waals surface area contributed by atoms with Gasteiger partial charge in [0.2, 0.25) is 0 Å². The third-order valence-electron chi connectivity index (χ3n) is 3.59. The summed E-state index contributed by atoms with van der Waals surface area (Å²) in [6.45, 7) is 3.74. The molecular weight excluding hydrogens is 350 g/mol. The summed E-state index contributed by atoms with van der Waals surface area (Å²) in [5.41, 5.74) is 0. The van der Waals surface area contributed by atoms with Gasteiger partial charge in [-0.25, -0.2) is 4.98 Å². The Bertz CT molecular complexity index is 521. The van der Waals surface area contributed by atoms with E-state index in [0.29, 0.717) is 22.7 Å². The maximum atomic E-state index is 12.1. The molecule has 0 radical (unpaired) electrons. The number of rotatable bonds is 5. The number of methoxy groups -OCH3 is 1. The number of nitrogens with zero attached hydrogens (tertiary/aromatic N) is 1. The molecule has 2 atom stereocenters. The SMILES string of the molecule is COc1nc(Br)ccc1O[C@H]1CCCC(C(=O)OC(C)C)C1. The second kappa shape index (κ2) is 7.81. The molecule has 2 rings (SSSR count). The highest BCUT2D eigenvalue weighted by atomic mass is 79.9. The number of ether oxygens (including phenoxy) is 3. The first kappa shape index (κ1) is 17.1. The molecule has 1 unspecified atom stereocenters. The van der Waals surface area contributed by atoms with Crippen molar-refractivity contribution in [2.45, 2.75) is 51.7 Å². The molecule has 0 N–H and O–H groups in total. The Morgan fingerprint density at radius 1 is 1.36 bits per heavy atom. The Morgan fingerprint density at radius 3 is 2.82 bits per heavy atom. The van der Waals surface area contributed by atoms with Gasteiger partial charge in [0.25, 0.3) is 5.88 Å². The van der Waals surface area contributed by atoms with Crippen LogP contribution in [0.1, 0.15) is 39.5 Å². The van der Waals surface area contributed by atoms with Crippen molar-refractivity contribution in [2.24, 2.45) is 5.92 Å². The van der Waals surface area contributed by atoms with Crippen LogP contribution in [0.15, 0.2) is 16.7 Å². The molecule has 0 saturated heterocycles. The number of pyridine rings is 1. The average molecular weight is 372 g/mol. The Hall–Kier alpha value is -1.30. The van der Waals surface area contributed by atoms with Gasteiger partial charge in [0.15, 0.2) is 5.75 Å². The molecule has 22 heavy (non-hydrogen) atoms. The molecule has 0 spiro atoms. The van der Waals surface area contributed by atoms with Crippen molar-refractivity contribution in [2.75, 3.05) is 7.11 Å². The maximum Gasteiger partial charge on any atom is 0.309 e. The monoisotopic (exact) mass is 371 g/mol. The van der Waals surface area contributed by atoms with E-state index in [1.165, 1.54) is 0 Å². The first-order valence-electron chi connectivity index (χ1n) is 7.57. The molecule has 1 aromatic heterocycles.